The molecule has 0 radical (unpaired) electrons. The van der Waals surface area contributed by atoms with Crippen LogP contribution in [-0.4, -0.2) is 21.3 Å². The molecule has 0 spiro atoms. The molecular formula is C15H14Cl2F3N4O4P. The summed E-state index contributed by atoms with van der Waals surface area (Å²) in [6.45, 7) is 3.29. The predicted octanol–water partition coefficient (Wildman–Crippen LogP) is 5.50. The molecule has 0 aliphatic heterocycles. The number of aromatic nitrogens is 2. The fraction of sp³-hybridized carbons (Fsp3) is 0.267. The number of hydrogen-bond acceptors (Lipinski definition) is 6. The van der Waals surface area contributed by atoms with E-state index in [4.69, 9.17) is 27.9 Å². The van der Waals surface area contributed by atoms with E-state index in [1.54, 1.807) is 6.92 Å². The van der Waals surface area contributed by atoms with Gasteiger partial charge in [0, 0.05) is 5.31 Å². The zero-order valence-electron chi connectivity index (χ0n) is 14.9. The van der Waals surface area contributed by atoms with Crippen molar-refractivity contribution in [3.05, 3.63) is 55.2 Å². The minimum atomic E-state index is -4.69. The van der Waals surface area contributed by atoms with Crippen LogP contribution in [0.5, 0.6) is 0 Å². The third-order valence-corrected chi connectivity index (χ3v) is 4.75. The molecule has 0 fully saturated rings. The molecule has 0 aliphatic rings. The Morgan fingerprint density at radius 3 is 2.41 bits per heavy atom. The molecule has 29 heavy (non-hydrogen) atoms. The number of alkyl halides is 3. The van der Waals surface area contributed by atoms with E-state index in [0.29, 0.717) is 17.4 Å². The van der Waals surface area contributed by atoms with Crippen LogP contribution >= 0.6 is 31.7 Å². The van der Waals surface area contributed by atoms with Crippen molar-refractivity contribution in [2.45, 2.75) is 20.0 Å². The average molecular weight is 473 g/mol. The number of nitrogens with one attached hydrogen (secondary N) is 1. The van der Waals surface area contributed by atoms with E-state index >= 15 is 0 Å². The summed E-state index contributed by atoms with van der Waals surface area (Å²) >= 11 is 12.0. The monoisotopic (exact) mass is 472 g/mol. The Hall–Kier alpha value is -2.23. The van der Waals surface area contributed by atoms with E-state index in [-0.39, 0.29) is 24.0 Å². The molecule has 14 heteroatoms. The van der Waals surface area contributed by atoms with Gasteiger partial charge in [-0.15, -0.1) is 0 Å². The molecule has 0 aliphatic carbocycles. The molecule has 8 nitrogen and oxygen atoms in total. The lowest BCUT2D eigenvalue weighted by molar-refractivity contribution is -0.384. The maximum atomic E-state index is 13.0. The smallest absolute Gasteiger partial charge is 0.416 e. The first-order chi connectivity index (χ1) is 13.5. The summed E-state index contributed by atoms with van der Waals surface area (Å²) in [7, 11) is -1.41. The average Bonchev–Trinajstić information content (AvgIpc) is 3.02. The van der Waals surface area contributed by atoms with E-state index in [1.165, 1.54) is 6.92 Å². The lowest BCUT2D eigenvalue weighted by Gasteiger charge is -2.16. The van der Waals surface area contributed by atoms with Crippen LogP contribution in [0, 0.1) is 10.1 Å². The number of halogens is 5. The number of nitro groups is 1. The highest BCUT2D eigenvalue weighted by Gasteiger charge is 2.33. The maximum absolute atomic E-state index is 13.0. The molecule has 2 aromatic rings. The second-order valence-corrected chi connectivity index (χ2v) is 7.44. The summed E-state index contributed by atoms with van der Waals surface area (Å²) in [6.07, 6.45) is -3.82. The molecule has 1 aromatic carbocycles. The number of anilines is 1. The Balaban J connectivity index is 2.70. The Kier molecular flexibility index (Phi) is 7.20. The summed E-state index contributed by atoms with van der Waals surface area (Å²) in [4.78, 5) is 10.6. The molecule has 2 rings (SSSR count). The van der Waals surface area contributed by atoms with E-state index in [1.807, 2.05) is 0 Å². The predicted molar refractivity (Wildman–Crippen MR) is 104 cm³/mol. The van der Waals surface area contributed by atoms with Crippen LogP contribution in [0.4, 0.5) is 24.7 Å². The minimum absolute atomic E-state index is 0.0125. The van der Waals surface area contributed by atoms with E-state index in [9.17, 15) is 27.9 Å². The SMILES string of the molecule is CCOC(Nc1c([N+](=O)[O-])cnn1-c1c(Cl)cc(C(F)(F)F)cc1Cl)=C(C)[PH2]=O. The van der Waals surface area contributed by atoms with Crippen molar-refractivity contribution >= 4 is 43.2 Å². The first-order valence-electron chi connectivity index (χ1n) is 7.86. The van der Waals surface area contributed by atoms with Crippen LogP contribution in [0.25, 0.3) is 5.69 Å². The van der Waals surface area contributed by atoms with Crippen molar-refractivity contribution in [1.82, 2.24) is 9.78 Å². The number of ether oxygens (including phenoxy) is 1. The number of benzene rings is 1. The van der Waals surface area contributed by atoms with Crippen molar-refractivity contribution in [3.8, 4) is 5.69 Å². The second-order valence-electron chi connectivity index (χ2n) is 5.52. The van der Waals surface area contributed by atoms with Gasteiger partial charge < -0.3 is 14.6 Å². The minimum Gasteiger partial charge on any atom is -0.479 e. The molecule has 1 unspecified atom stereocenters. The molecule has 158 valence electrons. The third kappa shape index (κ3) is 5.04. The third-order valence-electron chi connectivity index (χ3n) is 3.56. The normalized spacial score (nSPS) is 12.9. The molecule has 0 bridgehead atoms. The largest absolute Gasteiger partial charge is 0.479 e. The molecule has 1 N–H and O–H groups in total. The number of hydrogen-bond donors (Lipinski definition) is 1. The number of nitrogens with zero attached hydrogens (tertiary/aromatic N) is 3. The van der Waals surface area contributed by atoms with Crippen LogP contribution < -0.4 is 5.32 Å². The molecule has 1 atom stereocenters. The lowest BCUT2D eigenvalue weighted by Crippen LogP contribution is -2.12. The highest BCUT2D eigenvalue weighted by atomic mass is 35.5. The maximum Gasteiger partial charge on any atom is 0.416 e. The van der Waals surface area contributed by atoms with Crippen LogP contribution in [0.15, 0.2) is 29.5 Å². The summed E-state index contributed by atoms with van der Waals surface area (Å²) < 4.78 is 56.4. The Labute approximate surface area is 173 Å². The zero-order valence-corrected chi connectivity index (χ0v) is 17.5. The van der Waals surface area contributed by atoms with E-state index < -0.39 is 40.9 Å². The van der Waals surface area contributed by atoms with Crippen LogP contribution in [-0.2, 0) is 15.5 Å². The molecule has 0 saturated carbocycles. The molecule has 0 amide bonds. The summed E-state index contributed by atoms with van der Waals surface area (Å²) in [6, 6.07) is 1.26. The fourth-order valence-electron chi connectivity index (χ4n) is 2.25. The topological polar surface area (TPSA) is 99.3 Å². The Morgan fingerprint density at radius 1 is 1.38 bits per heavy atom. The van der Waals surface area contributed by atoms with Crippen molar-refractivity contribution in [3.63, 3.8) is 0 Å². The number of allylic oxidation sites excluding steroid dienone is 1. The zero-order chi connectivity index (χ0) is 21.9. The highest BCUT2D eigenvalue weighted by molar-refractivity contribution is 7.29. The van der Waals surface area contributed by atoms with Gasteiger partial charge in [0.2, 0.25) is 5.82 Å². The van der Waals surface area contributed by atoms with Crippen molar-refractivity contribution < 1.29 is 27.4 Å². The van der Waals surface area contributed by atoms with Crippen LogP contribution in [0.3, 0.4) is 0 Å². The van der Waals surface area contributed by atoms with Crippen molar-refractivity contribution in [2.75, 3.05) is 11.9 Å². The summed E-state index contributed by atoms with van der Waals surface area (Å²) in [5.41, 5.74) is -1.82. The van der Waals surface area contributed by atoms with Gasteiger partial charge in [-0.3, -0.25) is 10.1 Å². The van der Waals surface area contributed by atoms with E-state index in [2.05, 4.69) is 10.4 Å². The van der Waals surface area contributed by atoms with Gasteiger partial charge in [0.15, 0.2) is 5.88 Å². The van der Waals surface area contributed by atoms with E-state index in [0.717, 1.165) is 10.9 Å². The van der Waals surface area contributed by atoms with Crippen LogP contribution in [0.2, 0.25) is 10.0 Å². The van der Waals surface area contributed by atoms with Gasteiger partial charge in [0.1, 0.15) is 11.9 Å². The van der Waals surface area contributed by atoms with Gasteiger partial charge in [0.05, 0.1) is 35.6 Å². The first kappa shape index (κ1) is 23.1. The first-order valence-corrected chi connectivity index (χ1v) is 9.66. The summed E-state index contributed by atoms with van der Waals surface area (Å²) in [5, 5.41) is 17.3. The van der Waals surface area contributed by atoms with Gasteiger partial charge in [0.25, 0.3) is 0 Å². The lowest BCUT2D eigenvalue weighted by atomic mass is 10.2. The quantitative estimate of drug-likeness (QED) is 0.247. The second kappa shape index (κ2) is 9.06. The van der Waals surface area contributed by atoms with Crippen molar-refractivity contribution in [1.29, 1.82) is 0 Å². The Bertz CT molecular complexity index is 971. The molecular weight excluding hydrogens is 459 g/mol. The van der Waals surface area contributed by atoms with Gasteiger partial charge in [-0.1, -0.05) is 23.2 Å². The van der Waals surface area contributed by atoms with Gasteiger partial charge in [-0.25, -0.2) is 4.68 Å². The molecule has 1 aromatic heterocycles. The molecule has 1 heterocycles. The Morgan fingerprint density at radius 2 is 1.97 bits per heavy atom. The van der Waals surface area contributed by atoms with Crippen molar-refractivity contribution in [2.24, 2.45) is 0 Å². The fourth-order valence-corrected chi connectivity index (χ4v) is 3.16. The highest BCUT2D eigenvalue weighted by Crippen LogP contribution is 2.40. The number of rotatable bonds is 7. The van der Waals surface area contributed by atoms with Gasteiger partial charge in [-0.05, 0) is 26.0 Å². The summed E-state index contributed by atoms with van der Waals surface area (Å²) in [5.74, 6) is -0.296. The van der Waals surface area contributed by atoms with Gasteiger partial charge in [-0.2, -0.15) is 18.3 Å². The van der Waals surface area contributed by atoms with Crippen LogP contribution in [0.1, 0.15) is 19.4 Å². The standard InChI is InChI=1S/C15H14Cl2F3N4O4P/c1-3-28-14(7(2)29-27)22-13-11(24(25)26)6-21-23(13)12-9(16)4-8(5-10(12)17)15(18,19)20/h4-6,22H,3,29H2,1-2H3. The van der Waals surface area contributed by atoms with Gasteiger partial charge >= 0.3 is 11.9 Å². The molecule has 0 saturated heterocycles.